The highest BCUT2D eigenvalue weighted by Crippen LogP contribution is 2.36. The lowest BCUT2D eigenvalue weighted by molar-refractivity contribution is -0.385. The van der Waals surface area contributed by atoms with Gasteiger partial charge >= 0.3 is 5.97 Å². The maximum atomic E-state index is 13.8. The Bertz CT molecular complexity index is 1540. The van der Waals surface area contributed by atoms with Crippen molar-refractivity contribution < 1.29 is 32.4 Å². The Labute approximate surface area is 230 Å². The Hall–Kier alpha value is -4.16. The van der Waals surface area contributed by atoms with Crippen LogP contribution in [0.4, 0.5) is 17.1 Å². The third-order valence-corrected chi connectivity index (χ3v) is 7.68. The van der Waals surface area contributed by atoms with Crippen molar-refractivity contribution in [1.82, 2.24) is 0 Å². The number of nitro groups is 1. The van der Waals surface area contributed by atoms with Crippen molar-refractivity contribution in [3.8, 4) is 5.75 Å². The molecule has 11 nitrogen and oxygen atoms in total. The number of hydrogen-bond acceptors (Lipinski definition) is 8. The highest BCUT2D eigenvalue weighted by molar-refractivity contribution is 7.92. The predicted molar refractivity (Wildman–Crippen MR) is 146 cm³/mol. The minimum Gasteiger partial charge on any atom is -0.495 e. The third-order valence-electron chi connectivity index (χ3n) is 5.68. The first-order valence-corrected chi connectivity index (χ1v) is 13.4. The molecule has 0 spiro atoms. The number of nitrogens with one attached hydrogen (secondary N) is 1. The van der Waals surface area contributed by atoms with Crippen molar-refractivity contribution in [3.63, 3.8) is 0 Å². The molecule has 0 radical (unpaired) electrons. The van der Waals surface area contributed by atoms with Crippen LogP contribution in [0.2, 0.25) is 5.02 Å². The van der Waals surface area contributed by atoms with Gasteiger partial charge in [-0.05, 0) is 62.7 Å². The molecule has 1 amide bonds. The summed E-state index contributed by atoms with van der Waals surface area (Å²) < 4.78 is 38.7. The molecule has 0 unspecified atom stereocenters. The molecule has 0 atom stereocenters. The van der Waals surface area contributed by atoms with E-state index in [1.165, 1.54) is 50.4 Å². The number of ether oxygens (including phenoxy) is 2. The molecule has 0 aliphatic rings. The van der Waals surface area contributed by atoms with Gasteiger partial charge in [-0.2, -0.15) is 0 Å². The predicted octanol–water partition coefficient (Wildman–Crippen LogP) is 4.88. The molecule has 39 heavy (non-hydrogen) atoms. The standard InChI is InChI=1S/C26H26ClN3O8S/c1-5-38-26(32)18-8-6-16(2)21(12-18)28-25(31)15-29(23-13-19(27)9-11-24(23)37-4)39(35,36)20-10-7-17(3)22(14-20)30(33)34/h6-14H,5,15H2,1-4H3,(H,28,31). The molecule has 0 heterocycles. The molecule has 0 aliphatic heterocycles. The second-order valence-corrected chi connectivity index (χ2v) is 10.6. The number of amides is 1. The molecular formula is C26H26ClN3O8S. The lowest BCUT2D eigenvalue weighted by atomic mass is 10.1. The fraction of sp³-hybridized carbons (Fsp3) is 0.231. The van der Waals surface area contributed by atoms with Gasteiger partial charge in [0.2, 0.25) is 5.91 Å². The normalized spacial score (nSPS) is 11.0. The zero-order chi connectivity index (χ0) is 28.9. The molecule has 206 valence electrons. The third kappa shape index (κ3) is 6.65. The number of rotatable bonds is 10. The van der Waals surface area contributed by atoms with Gasteiger partial charge in [0.1, 0.15) is 12.3 Å². The van der Waals surface area contributed by atoms with Crippen molar-refractivity contribution in [2.24, 2.45) is 0 Å². The van der Waals surface area contributed by atoms with Crippen LogP contribution < -0.4 is 14.4 Å². The number of carbonyl (C=O) groups is 2. The van der Waals surface area contributed by atoms with Gasteiger partial charge in [-0.15, -0.1) is 0 Å². The van der Waals surface area contributed by atoms with E-state index in [4.69, 9.17) is 21.1 Å². The second kappa shape index (κ2) is 12.1. The van der Waals surface area contributed by atoms with E-state index in [1.807, 2.05) is 0 Å². The SMILES string of the molecule is CCOC(=O)c1ccc(C)c(NC(=O)CN(c2cc(Cl)ccc2OC)S(=O)(=O)c2ccc(C)c([N+](=O)[O-])c2)c1. The van der Waals surface area contributed by atoms with Gasteiger partial charge in [-0.3, -0.25) is 19.2 Å². The van der Waals surface area contributed by atoms with E-state index in [1.54, 1.807) is 26.0 Å². The summed E-state index contributed by atoms with van der Waals surface area (Å²) in [5, 5.41) is 14.3. The van der Waals surface area contributed by atoms with Crippen LogP contribution in [0.3, 0.4) is 0 Å². The fourth-order valence-corrected chi connectivity index (χ4v) is 5.26. The number of hydrogen-bond donors (Lipinski definition) is 1. The summed E-state index contributed by atoms with van der Waals surface area (Å²) in [7, 11) is -3.23. The summed E-state index contributed by atoms with van der Waals surface area (Å²) in [5.41, 5.74) is 0.892. The Morgan fingerprint density at radius 1 is 1.05 bits per heavy atom. The molecule has 1 N–H and O–H groups in total. The first kappa shape index (κ1) is 29.4. The summed E-state index contributed by atoms with van der Waals surface area (Å²) in [4.78, 5) is 35.8. The highest BCUT2D eigenvalue weighted by atomic mass is 35.5. The summed E-state index contributed by atoms with van der Waals surface area (Å²) >= 11 is 6.15. The maximum absolute atomic E-state index is 13.8. The van der Waals surface area contributed by atoms with E-state index in [-0.39, 0.29) is 39.9 Å². The number of halogens is 1. The van der Waals surface area contributed by atoms with Gasteiger partial charge in [0.05, 0.1) is 34.8 Å². The number of anilines is 2. The van der Waals surface area contributed by atoms with E-state index >= 15 is 0 Å². The lowest BCUT2D eigenvalue weighted by Crippen LogP contribution is -2.38. The van der Waals surface area contributed by atoms with E-state index in [9.17, 15) is 28.1 Å². The van der Waals surface area contributed by atoms with Crippen LogP contribution in [0.15, 0.2) is 59.5 Å². The average Bonchev–Trinajstić information content (AvgIpc) is 2.88. The molecule has 13 heteroatoms. The summed E-state index contributed by atoms with van der Waals surface area (Å²) in [6.07, 6.45) is 0. The first-order chi connectivity index (χ1) is 18.4. The zero-order valence-electron chi connectivity index (χ0n) is 21.6. The van der Waals surface area contributed by atoms with Crippen molar-refractivity contribution >= 4 is 50.6 Å². The van der Waals surface area contributed by atoms with Crippen LogP contribution >= 0.6 is 11.6 Å². The van der Waals surface area contributed by atoms with Gasteiger partial charge < -0.3 is 14.8 Å². The number of carbonyl (C=O) groups excluding carboxylic acids is 2. The minimum absolute atomic E-state index is 0.0552. The molecular weight excluding hydrogens is 550 g/mol. The summed E-state index contributed by atoms with van der Waals surface area (Å²) in [5.74, 6) is -1.24. The van der Waals surface area contributed by atoms with E-state index in [0.29, 0.717) is 5.56 Å². The Balaban J connectivity index is 2.07. The number of nitrogens with zero attached hydrogens (tertiary/aromatic N) is 2. The second-order valence-electron chi connectivity index (χ2n) is 8.33. The Morgan fingerprint density at radius 3 is 2.38 bits per heavy atom. The molecule has 0 aromatic heterocycles. The maximum Gasteiger partial charge on any atom is 0.338 e. The van der Waals surface area contributed by atoms with E-state index < -0.39 is 44.0 Å². The Morgan fingerprint density at radius 2 is 1.74 bits per heavy atom. The van der Waals surface area contributed by atoms with Gasteiger partial charge in [0.25, 0.3) is 15.7 Å². The number of methoxy groups -OCH3 is 1. The molecule has 3 rings (SSSR count). The van der Waals surface area contributed by atoms with Crippen LogP contribution in [-0.2, 0) is 19.6 Å². The smallest absolute Gasteiger partial charge is 0.338 e. The first-order valence-electron chi connectivity index (χ1n) is 11.6. The van der Waals surface area contributed by atoms with Crippen LogP contribution in [0.25, 0.3) is 0 Å². The molecule has 0 bridgehead atoms. The van der Waals surface area contributed by atoms with Crippen molar-refractivity contribution in [2.45, 2.75) is 25.7 Å². The largest absolute Gasteiger partial charge is 0.495 e. The summed E-state index contributed by atoms with van der Waals surface area (Å²) in [6.45, 7) is 4.26. The quantitative estimate of drug-likeness (QED) is 0.204. The number of esters is 1. The van der Waals surface area contributed by atoms with Crippen LogP contribution in [-0.4, -0.2) is 45.5 Å². The summed E-state index contributed by atoms with van der Waals surface area (Å²) in [6, 6.07) is 12.3. The number of sulfonamides is 1. The highest BCUT2D eigenvalue weighted by Gasteiger charge is 2.31. The monoisotopic (exact) mass is 575 g/mol. The molecule has 0 fully saturated rings. The van der Waals surface area contributed by atoms with Crippen LogP contribution in [0.1, 0.15) is 28.4 Å². The minimum atomic E-state index is -4.55. The van der Waals surface area contributed by atoms with Crippen molar-refractivity contribution in [1.29, 1.82) is 0 Å². The van der Waals surface area contributed by atoms with E-state index in [2.05, 4.69) is 5.32 Å². The van der Waals surface area contributed by atoms with Gasteiger partial charge in [0, 0.05) is 22.3 Å². The molecule has 3 aromatic carbocycles. The molecule has 0 saturated carbocycles. The van der Waals surface area contributed by atoms with Gasteiger partial charge in [-0.1, -0.05) is 23.7 Å². The number of aryl methyl sites for hydroxylation is 2. The van der Waals surface area contributed by atoms with Crippen molar-refractivity contribution in [2.75, 3.05) is 29.9 Å². The Kier molecular flexibility index (Phi) is 9.15. The zero-order valence-corrected chi connectivity index (χ0v) is 23.1. The van der Waals surface area contributed by atoms with Gasteiger partial charge in [0.15, 0.2) is 0 Å². The van der Waals surface area contributed by atoms with Crippen LogP contribution in [0.5, 0.6) is 5.75 Å². The average molecular weight is 576 g/mol. The molecule has 0 aliphatic carbocycles. The number of benzene rings is 3. The fourth-order valence-electron chi connectivity index (χ4n) is 3.65. The number of nitro benzene ring substituents is 1. The molecule has 0 saturated heterocycles. The van der Waals surface area contributed by atoms with Gasteiger partial charge in [-0.25, -0.2) is 13.2 Å². The van der Waals surface area contributed by atoms with Crippen molar-refractivity contribution in [3.05, 3.63) is 86.4 Å². The topological polar surface area (TPSA) is 145 Å². The van der Waals surface area contributed by atoms with Crippen LogP contribution in [0, 0.1) is 24.0 Å². The molecule has 3 aromatic rings. The lowest BCUT2D eigenvalue weighted by Gasteiger charge is -2.26. The van der Waals surface area contributed by atoms with E-state index in [0.717, 1.165) is 10.4 Å².